The molecule has 4 aliphatic rings. The van der Waals surface area contributed by atoms with Gasteiger partial charge in [-0.05, 0) is 44.7 Å². The van der Waals surface area contributed by atoms with E-state index in [0.29, 0.717) is 26.1 Å². The fourth-order valence-electron chi connectivity index (χ4n) is 6.96. The first kappa shape index (κ1) is 26.0. The summed E-state index contributed by atoms with van der Waals surface area (Å²) in [5.41, 5.74) is 2.88. The van der Waals surface area contributed by atoms with Crippen LogP contribution in [-0.4, -0.2) is 80.9 Å². The van der Waals surface area contributed by atoms with Gasteiger partial charge in [0.2, 0.25) is 11.8 Å². The minimum atomic E-state index is -0.858. The van der Waals surface area contributed by atoms with Crippen LogP contribution in [0.1, 0.15) is 37.8 Å². The number of hydrogen-bond donors (Lipinski definition) is 1. The molecule has 0 aromatic heterocycles. The van der Waals surface area contributed by atoms with Gasteiger partial charge in [0.1, 0.15) is 6.04 Å². The third kappa shape index (κ3) is 3.86. The zero-order valence-corrected chi connectivity index (χ0v) is 23.0. The number of benzene rings is 1. The molecule has 0 radical (unpaired) electrons. The van der Waals surface area contributed by atoms with Gasteiger partial charge in [0.05, 0.1) is 16.6 Å². The number of carbonyl (C=O) groups is 3. The van der Waals surface area contributed by atoms with Gasteiger partial charge in [-0.3, -0.25) is 14.4 Å². The molecule has 0 bridgehead atoms. The number of anilines is 1. The predicted octanol–water partition coefficient (Wildman–Crippen LogP) is 3.08. The van der Waals surface area contributed by atoms with E-state index in [-0.39, 0.29) is 30.9 Å². The molecule has 1 spiro atoms. The Balaban J connectivity index is 1.65. The van der Waals surface area contributed by atoms with E-state index in [0.717, 1.165) is 23.2 Å². The highest BCUT2D eigenvalue weighted by atomic mass is 32.2. The fourth-order valence-corrected chi connectivity index (χ4v) is 9.11. The first-order valence-corrected chi connectivity index (χ1v) is 14.1. The van der Waals surface area contributed by atoms with Gasteiger partial charge >= 0.3 is 0 Å². The summed E-state index contributed by atoms with van der Waals surface area (Å²) >= 11 is 1.61. The van der Waals surface area contributed by atoms with Crippen LogP contribution in [0, 0.1) is 25.7 Å². The van der Waals surface area contributed by atoms with Crippen LogP contribution < -0.4 is 4.90 Å². The highest BCUT2D eigenvalue weighted by Crippen LogP contribution is 2.65. The molecular formula is C29H37N3O4S. The van der Waals surface area contributed by atoms with E-state index < -0.39 is 27.4 Å². The number of amides is 3. The van der Waals surface area contributed by atoms with Gasteiger partial charge < -0.3 is 19.8 Å². The lowest BCUT2D eigenvalue weighted by atomic mass is 9.74. The van der Waals surface area contributed by atoms with Crippen LogP contribution in [-0.2, 0) is 14.4 Å². The lowest BCUT2D eigenvalue weighted by molar-refractivity contribution is -0.143. The molecule has 198 valence electrons. The molecule has 1 unspecified atom stereocenters. The van der Waals surface area contributed by atoms with Crippen LogP contribution in [0.15, 0.2) is 42.5 Å². The van der Waals surface area contributed by atoms with Crippen molar-refractivity contribution < 1.29 is 19.5 Å². The maximum atomic E-state index is 14.5. The summed E-state index contributed by atoms with van der Waals surface area (Å²) in [7, 11) is 0. The summed E-state index contributed by atoms with van der Waals surface area (Å²) in [4.78, 5) is 48.1. The van der Waals surface area contributed by atoms with Crippen molar-refractivity contribution in [3.8, 4) is 0 Å². The molecule has 1 aromatic carbocycles. The standard InChI is InChI=1S/C29H37N3O4S/c1-5-14-30-15-7-12-28(4)21(25(30)34)22-26(35)32(17-9-18-33)24-27(36)31(16-8-13-29(22,24)37-28)23-19(2)10-6-11-20(23)3/h6-8,10-13,21-22,24,33H,5,9,14-18H2,1-4H3/t21-,22+,24?,28+,29+/m1/s1. The molecule has 8 heteroatoms. The number of nitrogens with zero attached hydrogens (tertiary/aromatic N) is 3. The molecule has 2 saturated heterocycles. The number of aliphatic hydroxyl groups excluding tert-OH is 1. The summed E-state index contributed by atoms with van der Waals surface area (Å²) in [6, 6.07) is 5.24. The monoisotopic (exact) mass is 523 g/mol. The Kier molecular flexibility index (Phi) is 6.77. The molecule has 4 heterocycles. The Morgan fingerprint density at radius 3 is 2.35 bits per heavy atom. The molecule has 0 saturated carbocycles. The zero-order chi connectivity index (χ0) is 26.5. The van der Waals surface area contributed by atoms with E-state index in [1.165, 1.54) is 0 Å². The predicted molar refractivity (Wildman–Crippen MR) is 146 cm³/mol. The second-order valence-corrected chi connectivity index (χ2v) is 12.7. The van der Waals surface area contributed by atoms with Crippen molar-refractivity contribution in [1.82, 2.24) is 9.80 Å². The van der Waals surface area contributed by atoms with Gasteiger partial charge in [0.25, 0.3) is 5.91 Å². The molecule has 3 amide bonds. The smallest absolute Gasteiger partial charge is 0.251 e. The first-order valence-electron chi connectivity index (χ1n) is 13.3. The van der Waals surface area contributed by atoms with Gasteiger partial charge in [-0.25, -0.2) is 0 Å². The minimum Gasteiger partial charge on any atom is -0.396 e. The average Bonchev–Trinajstić information content (AvgIpc) is 3.12. The molecule has 5 atom stereocenters. The Hall–Kier alpha value is -2.58. The second-order valence-electron chi connectivity index (χ2n) is 10.9. The molecule has 1 N–H and O–H groups in total. The summed E-state index contributed by atoms with van der Waals surface area (Å²) < 4.78 is -1.46. The summed E-state index contributed by atoms with van der Waals surface area (Å²) in [5, 5.41) is 9.61. The van der Waals surface area contributed by atoms with E-state index >= 15 is 0 Å². The first-order chi connectivity index (χ1) is 17.7. The van der Waals surface area contributed by atoms with Crippen LogP contribution in [0.3, 0.4) is 0 Å². The number of fused-ring (bicyclic) bond motifs is 2. The number of aliphatic hydroxyl groups is 1. The lowest BCUT2D eigenvalue weighted by Crippen LogP contribution is -2.54. The van der Waals surface area contributed by atoms with E-state index in [9.17, 15) is 19.5 Å². The average molecular weight is 524 g/mol. The fraction of sp³-hybridized carbons (Fsp3) is 0.552. The second kappa shape index (κ2) is 9.62. The maximum Gasteiger partial charge on any atom is 0.251 e. The number of hydrogen-bond acceptors (Lipinski definition) is 5. The van der Waals surface area contributed by atoms with Gasteiger partial charge in [-0.15, -0.1) is 11.8 Å². The van der Waals surface area contributed by atoms with Gasteiger partial charge in [-0.1, -0.05) is 49.4 Å². The molecule has 7 nitrogen and oxygen atoms in total. The van der Waals surface area contributed by atoms with Crippen molar-refractivity contribution in [2.24, 2.45) is 11.8 Å². The van der Waals surface area contributed by atoms with E-state index in [1.807, 2.05) is 62.9 Å². The van der Waals surface area contributed by atoms with Crippen LogP contribution in [0.4, 0.5) is 5.69 Å². The lowest BCUT2D eigenvalue weighted by Gasteiger charge is -2.37. The van der Waals surface area contributed by atoms with Crippen LogP contribution in [0.5, 0.6) is 0 Å². The molecule has 1 aromatic rings. The molecular weight excluding hydrogens is 486 g/mol. The van der Waals surface area contributed by atoms with Gasteiger partial charge in [-0.2, -0.15) is 0 Å². The van der Waals surface area contributed by atoms with Gasteiger partial charge in [0, 0.05) is 43.2 Å². The molecule has 37 heavy (non-hydrogen) atoms. The Morgan fingerprint density at radius 2 is 1.68 bits per heavy atom. The Morgan fingerprint density at radius 1 is 0.973 bits per heavy atom. The summed E-state index contributed by atoms with van der Waals surface area (Å²) in [5.74, 6) is -1.47. The van der Waals surface area contributed by atoms with E-state index in [1.54, 1.807) is 21.6 Å². The van der Waals surface area contributed by atoms with Crippen LogP contribution in [0.25, 0.3) is 0 Å². The number of aryl methyl sites for hydroxylation is 2. The molecule has 5 rings (SSSR count). The molecule has 2 fully saturated rings. The molecule has 4 aliphatic heterocycles. The highest BCUT2D eigenvalue weighted by Gasteiger charge is 2.73. The highest BCUT2D eigenvalue weighted by molar-refractivity contribution is 8.02. The zero-order valence-electron chi connectivity index (χ0n) is 22.1. The molecule has 0 aliphatic carbocycles. The Labute approximate surface area is 223 Å². The third-order valence-corrected chi connectivity index (χ3v) is 10.2. The van der Waals surface area contributed by atoms with Crippen LogP contribution in [0.2, 0.25) is 0 Å². The summed E-state index contributed by atoms with van der Waals surface area (Å²) in [6.45, 7) is 9.90. The SMILES string of the molecule is CCCN1CC=C[C@]2(C)S[C@]34C=CCN(c5c(C)cccc5C)C(=O)C3N(CCCO)C(=O)[C@@H]4[C@@H]2C1=O. The number of thioether (sulfide) groups is 1. The number of likely N-dealkylation sites (tertiary alicyclic amines) is 1. The minimum absolute atomic E-state index is 0.00321. The van der Waals surface area contributed by atoms with Crippen molar-refractivity contribution in [2.75, 3.05) is 37.7 Å². The van der Waals surface area contributed by atoms with E-state index in [4.69, 9.17) is 0 Å². The van der Waals surface area contributed by atoms with Gasteiger partial charge in [0.15, 0.2) is 0 Å². The van der Waals surface area contributed by atoms with Crippen molar-refractivity contribution in [1.29, 1.82) is 0 Å². The Bertz CT molecular complexity index is 1160. The quantitative estimate of drug-likeness (QED) is 0.580. The largest absolute Gasteiger partial charge is 0.396 e. The summed E-state index contributed by atoms with van der Waals surface area (Å²) in [6.07, 6.45) is 9.44. The van der Waals surface area contributed by atoms with Crippen molar-refractivity contribution >= 4 is 35.2 Å². The third-order valence-electron chi connectivity index (χ3n) is 8.40. The van der Waals surface area contributed by atoms with Crippen molar-refractivity contribution in [3.63, 3.8) is 0 Å². The normalized spacial score (nSPS) is 32.9. The maximum absolute atomic E-state index is 14.5. The van der Waals surface area contributed by atoms with Crippen LogP contribution >= 0.6 is 11.8 Å². The van der Waals surface area contributed by atoms with E-state index in [2.05, 4.69) is 12.2 Å². The number of carbonyl (C=O) groups excluding carboxylic acids is 3. The number of rotatable bonds is 6. The van der Waals surface area contributed by atoms with Crippen molar-refractivity contribution in [2.45, 2.75) is 56.1 Å². The topological polar surface area (TPSA) is 81.2 Å². The van der Waals surface area contributed by atoms with Crippen molar-refractivity contribution in [3.05, 3.63) is 53.6 Å². The number of para-hydroxylation sites is 1.